The highest BCUT2D eigenvalue weighted by atomic mass is 16.6. The number of para-hydroxylation sites is 1. The molecule has 0 radical (unpaired) electrons. The van der Waals surface area contributed by atoms with Crippen LogP contribution in [0, 0.1) is 0 Å². The third-order valence-corrected chi connectivity index (χ3v) is 5.11. The summed E-state index contributed by atoms with van der Waals surface area (Å²) in [5.74, 6) is 0.0852. The molecule has 0 unspecified atom stereocenters. The molecule has 6 heteroatoms. The molecule has 0 saturated carbocycles. The second-order valence-electron chi connectivity index (χ2n) is 6.94. The fourth-order valence-electron chi connectivity index (χ4n) is 3.50. The number of aromatic amines is 1. The minimum Gasteiger partial charge on any atom is -0.445 e. The third-order valence-electron chi connectivity index (χ3n) is 5.11. The van der Waals surface area contributed by atoms with Crippen LogP contribution in [0.3, 0.4) is 0 Å². The van der Waals surface area contributed by atoms with Gasteiger partial charge in [0.15, 0.2) is 0 Å². The van der Waals surface area contributed by atoms with Crippen molar-refractivity contribution in [1.29, 1.82) is 0 Å². The first-order valence-corrected chi connectivity index (χ1v) is 9.49. The lowest BCUT2D eigenvalue weighted by molar-refractivity contribution is -0.132. The number of amides is 2. The Kier molecular flexibility index (Phi) is 5.28. The molecule has 3 aromatic rings. The molecule has 1 aliphatic rings. The summed E-state index contributed by atoms with van der Waals surface area (Å²) in [5.41, 5.74) is 3.00. The molecule has 28 heavy (non-hydrogen) atoms. The number of nitrogens with zero attached hydrogens (tertiary/aromatic N) is 2. The molecule has 1 aromatic heterocycles. The number of benzene rings is 2. The second kappa shape index (κ2) is 8.17. The van der Waals surface area contributed by atoms with E-state index < -0.39 is 0 Å². The molecule has 0 aliphatic carbocycles. The Morgan fingerprint density at radius 1 is 0.893 bits per heavy atom. The molecular weight excluding hydrogens is 354 g/mol. The van der Waals surface area contributed by atoms with Crippen LogP contribution in [0.5, 0.6) is 0 Å². The molecule has 1 N–H and O–H groups in total. The summed E-state index contributed by atoms with van der Waals surface area (Å²) in [7, 11) is 0. The molecule has 6 nitrogen and oxygen atoms in total. The molecule has 2 aromatic carbocycles. The van der Waals surface area contributed by atoms with Gasteiger partial charge in [0.1, 0.15) is 6.61 Å². The van der Waals surface area contributed by atoms with E-state index >= 15 is 0 Å². The van der Waals surface area contributed by atoms with E-state index in [2.05, 4.69) is 4.98 Å². The van der Waals surface area contributed by atoms with Gasteiger partial charge < -0.3 is 19.5 Å². The number of hydrogen-bond donors (Lipinski definition) is 1. The standard InChI is InChI=1S/C22H23N3O3/c26-21(14-18-15-23-20-9-5-4-8-19(18)20)24-10-12-25(13-11-24)22(27)28-16-17-6-2-1-3-7-17/h1-9,15,23H,10-14,16H2. The van der Waals surface area contributed by atoms with Crippen molar-refractivity contribution in [3.05, 3.63) is 71.9 Å². The summed E-state index contributed by atoms with van der Waals surface area (Å²) in [6.07, 6.45) is 1.94. The quantitative estimate of drug-likeness (QED) is 0.759. The molecule has 1 saturated heterocycles. The molecule has 2 amide bonds. The van der Waals surface area contributed by atoms with Gasteiger partial charge in [-0.05, 0) is 17.2 Å². The van der Waals surface area contributed by atoms with Crippen LogP contribution in [-0.4, -0.2) is 53.0 Å². The SMILES string of the molecule is O=C(Cc1c[nH]c2ccccc12)N1CCN(C(=O)OCc2ccccc2)CC1. The van der Waals surface area contributed by atoms with Gasteiger partial charge in [0, 0.05) is 43.3 Å². The number of piperazine rings is 1. The Bertz CT molecular complexity index is 959. The van der Waals surface area contributed by atoms with Crippen LogP contribution >= 0.6 is 0 Å². The third kappa shape index (κ3) is 4.01. The molecular formula is C22H23N3O3. The van der Waals surface area contributed by atoms with Gasteiger partial charge >= 0.3 is 6.09 Å². The summed E-state index contributed by atoms with van der Waals surface area (Å²) in [6.45, 7) is 2.31. The van der Waals surface area contributed by atoms with Gasteiger partial charge in [0.2, 0.25) is 5.91 Å². The van der Waals surface area contributed by atoms with Crippen LogP contribution in [0.1, 0.15) is 11.1 Å². The van der Waals surface area contributed by atoms with E-state index in [1.54, 1.807) is 4.90 Å². The van der Waals surface area contributed by atoms with Gasteiger partial charge in [0.25, 0.3) is 0 Å². The topological polar surface area (TPSA) is 65.6 Å². The second-order valence-corrected chi connectivity index (χ2v) is 6.94. The molecule has 4 rings (SSSR count). The van der Waals surface area contributed by atoms with Crippen molar-refractivity contribution in [3.63, 3.8) is 0 Å². The van der Waals surface area contributed by atoms with Crippen molar-refractivity contribution >= 4 is 22.9 Å². The van der Waals surface area contributed by atoms with Crippen LogP contribution in [0.15, 0.2) is 60.8 Å². The van der Waals surface area contributed by atoms with Crippen LogP contribution in [0.2, 0.25) is 0 Å². The molecule has 144 valence electrons. The van der Waals surface area contributed by atoms with Crippen LogP contribution in [0.4, 0.5) is 4.79 Å². The van der Waals surface area contributed by atoms with Crippen LogP contribution in [0.25, 0.3) is 10.9 Å². The van der Waals surface area contributed by atoms with Gasteiger partial charge in [0.05, 0.1) is 6.42 Å². The van der Waals surface area contributed by atoms with Gasteiger partial charge in [-0.2, -0.15) is 0 Å². The number of carbonyl (C=O) groups is 2. The summed E-state index contributed by atoms with van der Waals surface area (Å²) in [5, 5.41) is 1.08. The number of hydrogen-bond acceptors (Lipinski definition) is 3. The maximum absolute atomic E-state index is 12.7. The van der Waals surface area contributed by atoms with Crippen molar-refractivity contribution in [3.8, 4) is 0 Å². The Morgan fingerprint density at radius 3 is 2.36 bits per heavy atom. The number of carbonyl (C=O) groups excluding carboxylic acids is 2. The van der Waals surface area contributed by atoms with E-state index in [0.29, 0.717) is 32.6 Å². The fraction of sp³-hybridized carbons (Fsp3) is 0.273. The van der Waals surface area contributed by atoms with E-state index in [-0.39, 0.29) is 18.6 Å². The van der Waals surface area contributed by atoms with Gasteiger partial charge in [-0.3, -0.25) is 4.79 Å². The lowest BCUT2D eigenvalue weighted by atomic mass is 10.1. The smallest absolute Gasteiger partial charge is 0.410 e. The maximum atomic E-state index is 12.7. The fourth-order valence-corrected chi connectivity index (χ4v) is 3.50. The maximum Gasteiger partial charge on any atom is 0.410 e. The molecule has 1 fully saturated rings. The van der Waals surface area contributed by atoms with Crippen molar-refractivity contribution in [2.45, 2.75) is 13.0 Å². The predicted octanol–water partition coefficient (Wildman–Crippen LogP) is 3.19. The zero-order valence-electron chi connectivity index (χ0n) is 15.6. The first-order chi connectivity index (χ1) is 13.7. The Balaban J connectivity index is 1.27. The molecule has 1 aliphatic heterocycles. The van der Waals surface area contributed by atoms with E-state index in [1.165, 1.54) is 0 Å². The van der Waals surface area contributed by atoms with Crippen molar-refractivity contribution in [1.82, 2.24) is 14.8 Å². The zero-order valence-corrected chi connectivity index (χ0v) is 15.6. The number of fused-ring (bicyclic) bond motifs is 1. The average molecular weight is 377 g/mol. The van der Waals surface area contributed by atoms with E-state index in [0.717, 1.165) is 22.0 Å². The largest absolute Gasteiger partial charge is 0.445 e. The number of ether oxygens (including phenoxy) is 1. The lowest BCUT2D eigenvalue weighted by Crippen LogP contribution is -2.51. The van der Waals surface area contributed by atoms with Crippen LogP contribution in [-0.2, 0) is 22.6 Å². The number of nitrogens with one attached hydrogen (secondary N) is 1. The predicted molar refractivity (Wildman–Crippen MR) is 107 cm³/mol. The summed E-state index contributed by atoms with van der Waals surface area (Å²) in [6, 6.07) is 17.6. The summed E-state index contributed by atoms with van der Waals surface area (Å²) in [4.78, 5) is 31.6. The Hall–Kier alpha value is -3.28. The molecule has 0 bridgehead atoms. The minimum atomic E-state index is -0.326. The highest BCUT2D eigenvalue weighted by Crippen LogP contribution is 2.19. The van der Waals surface area contributed by atoms with Crippen molar-refractivity contribution in [2.75, 3.05) is 26.2 Å². The normalized spacial score (nSPS) is 14.3. The summed E-state index contributed by atoms with van der Waals surface area (Å²) >= 11 is 0. The number of rotatable bonds is 4. The van der Waals surface area contributed by atoms with E-state index in [4.69, 9.17) is 4.74 Å². The zero-order chi connectivity index (χ0) is 19.3. The van der Waals surface area contributed by atoms with Crippen LogP contribution < -0.4 is 0 Å². The van der Waals surface area contributed by atoms with E-state index in [9.17, 15) is 9.59 Å². The van der Waals surface area contributed by atoms with Crippen molar-refractivity contribution in [2.24, 2.45) is 0 Å². The first kappa shape index (κ1) is 18.1. The van der Waals surface area contributed by atoms with Gasteiger partial charge in [-0.15, -0.1) is 0 Å². The van der Waals surface area contributed by atoms with Gasteiger partial charge in [-0.1, -0.05) is 48.5 Å². The highest BCUT2D eigenvalue weighted by Gasteiger charge is 2.25. The van der Waals surface area contributed by atoms with Crippen molar-refractivity contribution < 1.29 is 14.3 Å². The molecule has 0 atom stereocenters. The Morgan fingerprint density at radius 2 is 1.57 bits per heavy atom. The first-order valence-electron chi connectivity index (χ1n) is 9.49. The average Bonchev–Trinajstić information content (AvgIpc) is 3.16. The minimum absolute atomic E-state index is 0.0852. The highest BCUT2D eigenvalue weighted by molar-refractivity contribution is 5.89. The molecule has 2 heterocycles. The number of aromatic nitrogens is 1. The van der Waals surface area contributed by atoms with E-state index in [1.807, 2.05) is 65.7 Å². The Labute approximate surface area is 163 Å². The lowest BCUT2D eigenvalue weighted by Gasteiger charge is -2.34. The monoisotopic (exact) mass is 377 g/mol. The summed E-state index contributed by atoms with van der Waals surface area (Å²) < 4.78 is 5.38. The number of H-pyrrole nitrogens is 1. The molecule has 0 spiro atoms. The van der Waals surface area contributed by atoms with Gasteiger partial charge in [-0.25, -0.2) is 4.79 Å².